The van der Waals surface area contributed by atoms with Gasteiger partial charge in [0.2, 0.25) is 0 Å². The number of ether oxygens (including phenoxy) is 1. The first-order chi connectivity index (χ1) is 8.65. The topological polar surface area (TPSA) is 83.8 Å². The third kappa shape index (κ3) is 6.82. The van der Waals surface area contributed by atoms with Crippen LogP contribution in [0.1, 0.15) is 16.8 Å². The van der Waals surface area contributed by atoms with Gasteiger partial charge in [-0.3, -0.25) is 6.58 Å². The average Bonchev–Trinajstić information content (AvgIpc) is 2.40. The van der Waals surface area contributed by atoms with Crippen molar-refractivity contribution >= 4 is 5.97 Å². The van der Waals surface area contributed by atoms with Crippen LogP contribution in [0.4, 0.5) is 0 Å². The predicted molar refractivity (Wildman–Crippen MR) is 60.6 cm³/mol. The molecular weight excluding hydrogens is 283 g/mol. The molecule has 0 aliphatic rings. The molecular formula is C12H14CoO5-2. The molecule has 1 rings (SSSR count). The molecule has 2 N–H and O–H groups in total. The summed E-state index contributed by atoms with van der Waals surface area (Å²) in [7, 11) is 0. The standard InChI is InChI=1S/C10H11O4.C2H3.Co.O/c1-2-5-14-10(13)8-4-3-7(11)6-9(8)12;1-2;;/h3-4,6,11-12H,1-2,5H2;1H,2H2;;/q2*-1;;. The van der Waals surface area contributed by atoms with Crippen molar-refractivity contribution in [3.05, 3.63) is 43.8 Å². The van der Waals surface area contributed by atoms with E-state index in [1.54, 1.807) is 0 Å². The van der Waals surface area contributed by atoms with Gasteiger partial charge in [-0.15, -0.1) is 6.42 Å². The number of rotatable bonds is 3. The van der Waals surface area contributed by atoms with Crippen LogP contribution in [0, 0.1) is 13.5 Å². The Kier molecular flexibility index (Phi) is 12.3. The first kappa shape index (κ1) is 18.7. The Morgan fingerprint density at radius 3 is 2.39 bits per heavy atom. The Morgan fingerprint density at radius 1 is 1.39 bits per heavy atom. The molecule has 0 fully saturated rings. The Morgan fingerprint density at radius 2 is 1.94 bits per heavy atom. The molecule has 0 saturated heterocycles. The molecule has 103 valence electrons. The van der Waals surface area contributed by atoms with E-state index < -0.39 is 5.97 Å². The van der Waals surface area contributed by atoms with E-state index in [1.165, 1.54) is 12.1 Å². The Bertz CT molecular complexity index is 365. The summed E-state index contributed by atoms with van der Waals surface area (Å²) in [5.41, 5.74) is 0.0382. The van der Waals surface area contributed by atoms with E-state index in [0.29, 0.717) is 6.42 Å². The van der Waals surface area contributed by atoms with E-state index in [2.05, 4.69) is 35.7 Å². The van der Waals surface area contributed by atoms with Gasteiger partial charge in [0.1, 0.15) is 17.1 Å². The molecule has 0 radical (unpaired) electrons. The quantitative estimate of drug-likeness (QED) is 0.658. The molecule has 5 nitrogen and oxygen atoms in total. The van der Waals surface area contributed by atoms with Gasteiger partial charge in [0.25, 0.3) is 0 Å². The monoisotopic (exact) mass is 297 g/mol. The number of hydrogen-bond donors (Lipinski definition) is 2. The molecule has 0 amide bonds. The zero-order valence-corrected chi connectivity index (χ0v) is 10.6. The van der Waals surface area contributed by atoms with Crippen LogP contribution in [0.25, 0.3) is 0 Å². The van der Waals surface area contributed by atoms with E-state index >= 15 is 0 Å². The van der Waals surface area contributed by atoms with Gasteiger partial charge in [0.15, 0.2) is 0 Å². The Hall–Kier alpha value is -1.66. The Balaban J connectivity index is 0. The second kappa shape index (κ2) is 11.8. The van der Waals surface area contributed by atoms with E-state index in [1.807, 2.05) is 0 Å². The van der Waals surface area contributed by atoms with Crippen molar-refractivity contribution < 1.29 is 39.3 Å². The van der Waals surface area contributed by atoms with Crippen molar-refractivity contribution in [3.63, 3.8) is 0 Å². The second-order valence-corrected chi connectivity index (χ2v) is 2.69. The maximum atomic E-state index is 11.2. The molecule has 0 aliphatic carbocycles. The number of aromatic hydroxyl groups is 2. The van der Waals surface area contributed by atoms with Gasteiger partial charge in [-0.25, -0.2) is 4.79 Å². The van der Waals surface area contributed by atoms with E-state index in [4.69, 9.17) is 13.7 Å². The summed E-state index contributed by atoms with van der Waals surface area (Å²) in [6.07, 6.45) is 0.477. The number of benzene rings is 1. The average molecular weight is 297 g/mol. The van der Waals surface area contributed by atoms with Crippen LogP contribution in [0.5, 0.6) is 11.5 Å². The van der Waals surface area contributed by atoms with Crippen molar-refractivity contribution in [2.75, 3.05) is 6.61 Å². The van der Waals surface area contributed by atoms with Gasteiger partial charge in [-0.2, -0.15) is 0 Å². The number of esters is 1. The fraction of sp³-hybridized carbons (Fsp3) is 0.167. The van der Waals surface area contributed by atoms with Crippen molar-refractivity contribution in [2.45, 2.75) is 6.42 Å². The first-order valence-electron chi connectivity index (χ1n) is 4.68. The van der Waals surface area contributed by atoms with Crippen molar-refractivity contribution in [1.29, 1.82) is 0 Å². The molecule has 0 bridgehead atoms. The summed E-state index contributed by atoms with van der Waals surface area (Å²) >= 11 is 2.31. The van der Waals surface area contributed by atoms with Crippen LogP contribution in [-0.4, -0.2) is 22.8 Å². The first-order valence-corrected chi connectivity index (χ1v) is 5.10. The summed E-state index contributed by atoms with van der Waals surface area (Å²) in [4.78, 5) is 11.2. The maximum absolute atomic E-state index is 11.2. The fourth-order valence-electron chi connectivity index (χ4n) is 0.935. The summed E-state index contributed by atoms with van der Waals surface area (Å²) in [6, 6.07) is 3.69. The van der Waals surface area contributed by atoms with Crippen LogP contribution in [0.3, 0.4) is 0 Å². The molecule has 0 heterocycles. The van der Waals surface area contributed by atoms with Gasteiger partial charge in [0.05, 0.1) is 6.61 Å². The zero-order chi connectivity index (χ0) is 14.6. The summed E-state index contributed by atoms with van der Waals surface area (Å²) in [5.74, 6) is -1.01. The molecule has 1 aromatic rings. The molecule has 18 heavy (non-hydrogen) atoms. The van der Waals surface area contributed by atoms with Gasteiger partial charge in [0, 0.05) is 6.07 Å². The predicted octanol–water partition coefficient (Wildman–Crippen LogP) is 1.96. The van der Waals surface area contributed by atoms with Crippen molar-refractivity contribution in [2.24, 2.45) is 0 Å². The number of carbonyl (C=O) groups is 1. The minimum absolute atomic E-state index is 0.0382. The molecule has 6 heteroatoms. The number of phenolic OH excluding ortho intramolecular Hbond substituents is 2. The van der Waals surface area contributed by atoms with Gasteiger partial charge >= 0.3 is 25.5 Å². The van der Waals surface area contributed by atoms with Crippen LogP contribution in [-0.2, 0) is 24.3 Å². The van der Waals surface area contributed by atoms with Crippen LogP contribution in [0.2, 0.25) is 0 Å². The van der Waals surface area contributed by atoms with Gasteiger partial charge in [-0.05, 0) is 12.1 Å². The molecule has 0 saturated carbocycles. The Labute approximate surface area is 114 Å². The van der Waals surface area contributed by atoms with Gasteiger partial charge < -0.3 is 28.5 Å². The van der Waals surface area contributed by atoms with E-state index in [0.717, 1.165) is 6.07 Å². The normalized spacial score (nSPS) is 8.11. The minimum atomic E-state index is -0.619. The second-order valence-electron chi connectivity index (χ2n) is 2.69. The van der Waals surface area contributed by atoms with Crippen LogP contribution in [0.15, 0.2) is 24.8 Å². The van der Waals surface area contributed by atoms with E-state index in [9.17, 15) is 9.90 Å². The van der Waals surface area contributed by atoms with Crippen molar-refractivity contribution in [1.82, 2.24) is 0 Å². The number of phenols is 2. The third-order valence-electron chi connectivity index (χ3n) is 1.58. The fourth-order valence-corrected chi connectivity index (χ4v) is 0.935. The number of hydrogen-bond acceptors (Lipinski definition) is 5. The molecule has 0 unspecified atom stereocenters. The molecule has 1 aromatic carbocycles. The van der Waals surface area contributed by atoms with Crippen LogP contribution >= 0.6 is 0 Å². The van der Waals surface area contributed by atoms with Crippen molar-refractivity contribution in [3.8, 4) is 11.5 Å². The van der Waals surface area contributed by atoms with Gasteiger partial charge in [-0.1, -0.05) is 0 Å². The summed E-state index contributed by atoms with van der Waals surface area (Å²) in [5, 5.41) is 18.3. The summed E-state index contributed by atoms with van der Waals surface area (Å²) in [6.45, 7) is 10.7. The number of carbonyl (C=O) groups excluding carboxylic acids is 1. The third-order valence-corrected chi connectivity index (χ3v) is 1.58. The zero-order valence-electron chi connectivity index (χ0n) is 9.59. The SMILES string of the molecule is [CH-]=C.[CH2-]CCOC(=O)c1ccc(O)cc1O.[O]=[Co]. The van der Waals surface area contributed by atoms with Crippen LogP contribution < -0.4 is 0 Å². The molecule has 0 aliphatic heterocycles. The van der Waals surface area contributed by atoms with E-state index in [-0.39, 0.29) is 23.7 Å². The summed E-state index contributed by atoms with van der Waals surface area (Å²) < 4.78 is 12.7. The molecule has 0 spiro atoms. The molecule has 0 atom stereocenters. The molecule has 0 aromatic heterocycles.